The lowest BCUT2D eigenvalue weighted by atomic mass is 9.58. The molecule has 0 aliphatic heterocycles. The molecule has 4 N–H and O–H groups in total. The summed E-state index contributed by atoms with van der Waals surface area (Å²) in [7, 11) is 0. The molecule has 17 heavy (non-hydrogen) atoms. The molecule has 1 fully saturated rings. The minimum absolute atomic E-state index is 0.319. The Bertz CT molecular complexity index is 298. The molecular formula is C13H24O4. The number of rotatable bonds is 2. The quantitative estimate of drug-likeness (QED) is 0.531. The van der Waals surface area contributed by atoms with Crippen molar-refractivity contribution in [2.75, 3.05) is 0 Å². The fraction of sp³-hybridized carbons (Fsp3) is 0.846. The zero-order valence-electron chi connectivity index (χ0n) is 11.0. The van der Waals surface area contributed by atoms with Crippen molar-refractivity contribution in [3.05, 3.63) is 12.2 Å². The Hall–Kier alpha value is -0.420. The summed E-state index contributed by atoms with van der Waals surface area (Å²) >= 11 is 0. The van der Waals surface area contributed by atoms with E-state index in [1.165, 1.54) is 6.08 Å². The second-order valence-corrected chi connectivity index (χ2v) is 5.86. The van der Waals surface area contributed by atoms with Crippen LogP contribution in [0, 0.1) is 11.3 Å². The first-order valence-electron chi connectivity index (χ1n) is 6.08. The summed E-state index contributed by atoms with van der Waals surface area (Å²) in [5, 5.41) is 39.6. The van der Waals surface area contributed by atoms with Gasteiger partial charge in [-0.1, -0.05) is 32.9 Å². The number of aliphatic hydroxyl groups is 4. The summed E-state index contributed by atoms with van der Waals surface area (Å²) in [6.07, 6.45) is 0.970. The maximum Gasteiger partial charge on any atom is 0.0931 e. The Balaban J connectivity index is 3.08. The van der Waals surface area contributed by atoms with E-state index in [4.69, 9.17) is 0 Å². The molecule has 4 nitrogen and oxygen atoms in total. The normalized spacial score (nSPS) is 43.9. The van der Waals surface area contributed by atoms with Gasteiger partial charge in [0, 0.05) is 11.3 Å². The van der Waals surface area contributed by atoms with Crippen molar-refractivity contribution in [1.29, 1.82) is 0 Å². The SMILES string of the molecule is C[C@@H]1[C@H](O)[C@@H](O)CC(C)(C)[C@@]1(O)/C=C/[C@@H](C)O. The zero-order valence-corrected chi connectivity index (χ0v) is 11.0. The molecule has 0 aromatic rings. The molecule has 1 rings (SSSR count). The number of hydrogen-bond acceptors (Lipinski definition) is 4. The van der Waals surface area contributed by atoms with E-state index in [0.717, 1.165) is 0 Å². The lowest BCUT2D eigenvalue weighted by Crippen LogP contribution is -2.60. The van der Waals surface area contributed by atoms with Crippen molar-refractivity contribution >= 4 is 0 Å². The van der Waals surface area contributed by atoms with Crippen molar-refractivity contribution < 1.29 is 20.4 Å². The molecule has 100 valence electrons. The molecule has 1 aliphatic rings. The summed E-state index contributed by atoms with van der Waals surface area (Å²) in [4.78, 5) is 0. The van der Waals surface area contributed by atoms with Gasteiger partial charge in [-0.15, -0.1) is 0 Å². The van der Waals surface area contributed by atoms with Gasteiger partial charge in [0.15, 0.2) is 0 Å². The summed E-state index contributed by atoms with van der Waals surface area (Å²) in [5.74, 6) is -0.490. The van der Waals surface area contributed by atoms with Crippen LogP contribution in [-0.2, 0) is 0 Å². The van der Waals surface area contributed by atoms with Crippen LogP contribution >= 0.6 is 0 Å². The van der Waals surface area contributed by atoms with Gasteiger partial charge in [0.1, 0.15) is 0 Å². The average Bonchev–Trinajstić information content (AvgIpc) is 2.21. The summed E-state index contributed by atoms with van der Waals surface area (Å²) in [5.41, 5.74) is -1.79. The minimum Gasteiger partial charge on any atom is -0.390 e. The van der Waals surface area contributed by atoms with Crippen molar-refractivity contribution in [1.82, 2.24) is 0 Å². The molecule has 0 heterocycles. The molecule has 0 unspecified atom stereocenters. The highest BCUT2D eigenvalue weighted by atomic mass is 16.3. The summed E-state index contributed by atoms with van der Waals surface area (Å²) in [6.45, 7) is 7.02. The van der Waals surface area contributed by atoms with Gasteiger partial charge in [-0.05, 0) is 13.3 Å². The maximum absolute atomic E-state index is 10.7. The van der Waals surface area contributed by atoms with Crippen LogP contribution in [0.2, 0.25) is 0 Å². The number of aliphatic hydroxyl groups excluding tert-OH is 3. The zero-order chi connectivity index (χ0) is 13.4. The van der Waals surface area contributed by atoms with Crippen LogP contribution in [0.3, 0.4) is 0 Å². The Morgan fingerprint density at radius 3 is 2.29 bits per heavy atom. The largest absolute Gasteiger partial charge is 0.390 e. The van der Waals surface area contributed by atoms with E-state index < -0.39 is 35.2 Å². The fourth-order valence-corrected chi connectivity index (χ4v) is 2.68. The van der Waals surface area contributed by atoms with Crippen LogP contribution in [0.25, 0.3) is 0 Å². The summed E-state index contributed by atoms with van der Waals surface area (Å²) < 4.78 is 0. The molecule has 0 saturated heterocycles. The van der Waals surface area contributed by atoms with Crippen LogP contribution in [0.5, 0.6) is 0 Å². The molecule has 0 amide bonds. The van der Waals surface area contributed by atoms with Crippen molar-refractivity contribution in [3.63, 3.8) is 0 Å². The third-order valence-corrected chi connectivity index (χ3v) is 4.03. The van der Waals surface area contributed by atoms with E-state index in [0.29, 0.717) is 6.42 Å². The van der Waals surface area contributed by atoms with Gasteiger partial charge in [0.2, 0.25) is 0 Å². The van der Waals surface area contributed by atoms with Crippen LogP contribution in [0.1, 0.15) is 34.1 Å². The lowest BCUT2D eigenvalue weighted by Gasteiger charge is -2.52. The Morgan fingerprint density at radius 2 is 1.82 bits per heavy atom. The molecule has 0 radical (unpaired) electrons. The van der Waals surface area contributed by atoms with E-state index >= 15 is 0 Å². The van der Waals surface area contributed by atoms with Gasteiger partial charge in [0.25, 0.3) is 0 Å². The molecule has 0 bridgehead atoms. The van der Waals surface area contributed by atoms with Gasteiger partial charge in [-0.3, -0.25) is 0 Å². The molecule has 1 saturated carbocycles. The topological polar surface area (TPSA) is 80.9 Å². The fourth-order valence-electron chi connectivity index (χ4n) is 2.68. The summed E-state index contributed by atoms with van der Waals surface area (Å²) in [6, 6.07) is 0. The molecular weight excluding hydrogens is 220 g/mol. The first-order valence-corrected chi connectivity index (χ1v) is 6.08. The predicted molar refractivity (Wildman–Crippen MR) is 65.3 cm³/mol. The highest BCUT2D eigenvalue weighted by Gasteiger charge is 2.54. The van der Waals surface area contributed by atoms with Gasteiger partial charge in [-0.2, -0.15) is 0 Å². The van der Waals surface area contributed by atoms with Crippen LogP contribution < -0.4 is 0 Å². The minimum atomic E-state index is -1.23. The maximum atomic E-state index is 10.7. The third kappa shape index (κ3) is 2.55. The molecule has 0 aromatic carbocycles. The first kappa shape index (κ1) is 14.6. The standard InChI is InChI=1S/C13H24O4/c1-8(14)5-6-13(17)9(2)11(16)10(15)7-12(13,3)4/h5-6,8-11,14-17H,7H2,1-4H3/b6-5+/t8-,9-,10+,11+,13-/m1/s1. The highest BCUT2D eigenvalue weighted by Crippen LogP contribution is 2.48. The average molecular weight is 244 g/mol. The Kier molecular flexibility index (Phi) is 4.04. The van der Waals surface area contributed by atoms with E-state index in [-0.39, 0.29) is 0 Å². The van der Waals surface area contributed by atoms with Crippen LogP contribution in [-0.4, -0.2) is 44.3 Å². The first-order chi connectivity index (χ1) is 7.62. The highest BCUT2D eigenvalue weighted by molar-refractivity contribution is 5.17. The Morgan fingerprint density at radius 1 is 1.29 bits per heavy atom. The van der Waals surface area contributed by atoms with Crippen LogP contribution in [0.15, 0.2) is 12.2 Å². The smallest absolute Gasteiger partial charge is 0.0931 e. The van der Waals surface area contributed by atoms with E-state index in [2.05, 4.69) is 0 Å². The van der Waals surface area contributed by atoms with E-state index in [9.17, 15) is 20.4 Å². The molecule has 0 aromatic heterocycles. The van der Waals surface area contributed by atoms with E-state index in [1.807, 2.05) is 13.8 Å². The molecule has 4 heteroatoms. The number of hydrogen-bond donors (Lipinski definition) is 4. The second kappa shape index (κ2) is 4.69. The van der Waals surface area contributed by atoms with Gasteiger partial charge in [-0.25, -0.2) is 0 Å². The van der Waals surface area contributed by atoms with Gasteiger partial charge < -0.3 is 20.4 Å². The van der Waals surface area contributed by atoms with Gasteiger partial charge >= 0.3 is 0 Å². The third-order valence-electron chi connectivity index (χ3n) is 4.03. The molecule has 1 aliphatic carbocycles. The van der Waals surface area contributed by atoms with Crippen molar-refractivity contribution in [3.8, 4) is 0 Å². The van der Waals surface area contributed by atoms with Crippen molar-refractivity contribution in [2.24, 2.45) is 11.3 Å². The lowest BCUT2D eigenvalue weighted by molar-refractivity contribution is -0.182. The predicted octanol–water partition coefficient (Wildman–Crippen LogP) is 0.442. The second-order valence-electron chi connectivity index (χ2n) is 5.86. The van der Waals surface area contributed by atoms with Gasteiger partial charge in [0.05, 0.1) is 23.9 Å². The molecule has 0 spiro atoms. The van der Waals surface area contributed by atoms with Crippen molar-refractivity contribution in [2.45, 2.75) is 58.0 Å². The monoisotopic (exact) mass is 244 g/mol. The Labute approximate surface area is 103 Å². The van der Waals surface area contributed by atoms with E-state index in [1.54, 1.807) is 19.9 Å². The molecule has 5 atom stereocenters. The van der Waals surface area contributed by atoms with Crippen LogP contribution in [0.4, 0.5) is 0 Å².